The van der Waals surface area contributed by atoms with Crippen molar-refractivity contribution in [2.45, 2.75) is 19.9 Å². The third-order valence-corrected chi connectivity index (χ3v) is 3.46. The lowest BCUT2D eigenvalue weighted by molar-refractivity contribution is 0.294. The molecule has 0 saturated carbocycles. The second-order valence-electron chi connectivity index (χ2n) is 5.39. The van der Waals surface area contributed by atoms with Gasteiger partial charge in [0.15, 0.2) is 17.5 Å². The average Bonchev–Trinajstić information content (AvgIpc) is 2.65. The van der Waals surface area contributed by atoms with Crippen molar-refractivity contribution in [2.24, 2.45) is 10.7 Å². The summed E-state index contributed by atoms with van der Waals surface area (Å²) in [6.45, 7) is 3.16. The minimum atomic E-state index is 0.332. The Hall–Kier alpha value is -2.89. The minimum absolute atomic E-state index is 0.332. The largest absolute Gasteiger partial charge is 0.497 e. The first-order valence-corrected chi connectivity index (χ1v) is 8.17. The summed E-state index contributed by atoms with van der Waals surface area (Å²) >= 11 is 0. The molecule has 134 valence electrons. The van der Waals surface area contributed by atoms with Crippen molar-refractivity contribution in [3.63, 3.8) is 0 Å². The number of guanidine groups is 1. The van der Waals surface area contributed by atoms with Gasteiger partial charge in [0.25, 0.3) is 0 Å². The van der Waals surface area contributed by atoms with Crippen molar-refractivity contribution in [1.82, 2.24) is 0 Å². The molecule has 0 heterocycles. The summed E-state index contributed by atoms with van der Waals surface area (Å²) in [6, 6.07) is 13.3. The topological polar surface area (TPSA) is 78.1 Å². The highest BCUT2D eigenvalue weighted by molar-refractivity contribution is 5.92. The molecule has 6 heteroatoms. The van der Waals surface area contributed by atoms with E-state index in [4.69, 9.17) is 19.9 Å². The quantitative estimate of drug-likeness (QED) is 0.567. The lowest BCUT2D eigenvalue weighted by atomic mass is 10.2. The smallest absolute Gasteiger partial charge is 0.193 e. The molecule has 2 aromatic rings. The van der Waals surface area contributed by atoms with Gasteiger partial charge in [-0.1, -0.05) is 19.1 Å². The standard InChI is InChI=1S/C19H25N3O3/c1-4-10-25-17-9-8-14(11-18(17)24-3)13-21-19(20)22-15-6-5-7-16(12-15)23-2/h5-9,11-12H,4,10,13H2,1-3H3,(H3,20,21,22). The zero-order chi connectivity index (χ0) is 18.1. The fourth-order valence-electron chi connectivity index (χ4n) is 2.21. The van der Waals surface area contributed by atoms with Gasteiger partial charge in [-0.3, -0.25) is 0 Å². The monoisotopic (exact) mass is 343 g/mol. The molecule has 0 aromatic heterocycles. The van der Waals surface area contributed by atoms with Gasteiger partial charge in [-0.25, -0.2) is 4.99 Å². The van der Waals surface area contributed by atoms with Gasteiger partial charge in [0.05, 0.1) is 27.4 Å². The maximum absolute atomic E-state index is 5.95. The number of nitrogens with one attached hydrogen (secondary N) is 1. The van der Waals surface area contributed by atoms with E-state index in [1.165, 1.54) is 0 Å². The van der Waals surface area contributed by atoms with Crippen LogP contribution >= 0.6 is 0 Å². The molecular formula is C19H25N3O3. The summed E-state index contributed by atoms with van der Waals surface area (Å²) in [6.07, 6.45) is 0.946. The molecule has 0 fully saturated rings. The number of nitrogens with two attached hydrogens (primary N) is 1. The lowest BCUT2D eigenvalue weighted by Gasteiger charge is -2.11. The Morgan fingerprint density at radius 3 is 2.64 bits per heavy atom. The number of hydrogen-bond acceptors (Lipinski definition) is 4. The molecule has 0 spiro atoms. The van der Waals surface area contributed by atoms with Gasteiger partial charge in [-0.15, -0.1) is 0 Å². The Bertz CT molecular complexity index is 717. The van der Waals surface area contributed by atoms with Crippen LogP contribution in [-0.2, 0) is 6.54 Å². The zero-order valence-corrected chi connectivity index (χ0v) is 14.9. The van der Waals surface area contributed by atoms with Crippen LogP contribution in [0.2, 0.25) is 0 Å². The molecular weight excluding hydrogens is 318 g/mol. The van der Waals surface area contributed by atoms with Crippen molar-refractivity contribution in [3.8, 4) is 17.2 Å². The molecule has 0 amide bonds. The number of benzene rings is 2. The molecule has 0 aliphatic carbocycles. The van der Waals surface area contributed by atoms with Crippen molar-refractivity contribution in [2.75, 3.05) is 26.1 Å². The lowest BCUT2D eigenvalue weighted by Crippen LogP contribution is -2.22. The number of aliphatic imine (C=N–C) groups is 1. The SMILES string of the molecule is CCCOc1ccc(CN=C(N)Nc2cccc(OC)c2)cc1OC. The van der Waals surface area contributed by atoms with Gasteiger partial charge in [-0.2, -0.15) is 0 Å². The Labute approximate surface area is 148 Å². The normalized spacial score (nSPS) is 11.1. The fraction of sp³-hybridized carbons (Fsp3) is 0.316. The van der Waals surface area contributed by atoms with Crippen LogP contribution in [0.25, 0.3) is 0 Å². The Morgan fingerprint density at radius 1 is 1.08 bits per heavy atom. The number of ether oxygens (including phenoxy) is 3. The zero-order valence-electron chi connectivity index (χ0n) is 14.9. The third kappa shape index (κ3) is 5.60. The van der Waals surface area contributed by atoms with E-state index in [1.54, 1.807) is 14.2 Å². The molecule has 2 aromatic carbocycles. The number of rotatable bonds is 8. The first-order valence-electron chi connectivity index (χ1n) is 8.17. The minimum Gasteiger partial charge on any atom is -0.497 e. The molecule has 0 aliphatic rings. The van der Waals surface area contributed by atoms with Gasteiger partial charge in [-0.05, 0) is 36.2 Å². The summed E-state index contributed by atoms with van der Waals surface area (Å²) in [4.78, 5) is 4.36. The average molecular weight is 343 g/mol. The summed E-state index contributed by atoms with van der Waals surface area (Å²) in [5, 5.41) is 3.05. The van der Waals surface area contributed by atoms with Gasteiger partial charge < -0.3 is 25.3 Å². The molecule has 0 aliphatic heterocycles. The van der Waals surface area contributed by atoms with E-state index in [1.807, 2.05) is 42.5 Å². The molecule has 3 N–H and O–H groups in total. The molecule has 0 unspecified atom stereocenters. The van der Waals surface area contributed by atoms with E-state index in [-0.39, 0.29) is 0 Å². The van der Waals surface area contributed by atoms with E-state index in [0.29, 0.717) is 24.9 Å². The van der Waals surface area contributed by atoms with E-state index < -0.39 is 0 Å². The Balaban J connectivity index is 2.01. The van der Waals surface area contributed by atoms with Crippen molar-refractivity contribution in [3.05, 3.63) is 48.0 Å². The second kappa shape index (κ2) is 9.42. The Kier molecular flexibility index (Phi) is 6.95. The number of anilines is 1. The van der Waals surface area contributed by atoms with E-state index in [9.17, 15) is 0 Å². The molecule has 2 rings (SSSR count). The summed E-state index contributed by atoms with van der Waals surface area (Å²) < 4.78 is 16.2. The third-order valence-electron chi connectivity index (χ3n) is 3.46. The van der Waals surface area contributed by atoms with Crippen molar-refractivity contribution in [1.29, 1.82) is 0 Å². The van der Waals surface area contributed by atoms with E-state index >= 15 is 0 Å². The number of methoxy groups -OCH3 is 2. The summed E-state index contributed by atoms with van der Waals surface area (Å²) in [5.74, 6) is 2.52. The Morgan fingerprint density at radius 2 is 1.92 bits per heavy atom. The maximum atomic E-state index is 5.95. The van der Waals surface area contributed by atoms with Crippen LogP contribution in [0.4, 0.5) is 5.69 Å². The molecule has 25 heavy (non-hydrogen) atoms. The molecule has 0 atom stereocenters. The van der Waals surface area contributed by atoms with Crippen molar-refractivity contribution < 1.29 is 14.2 Å². The summed E-state index contributed by atoms with van der Waals surface area (Å²) in [7, 11) is 3.25. The van der Waals surface area contributed by atoms with Crippen LogP contribution in [0.5, 0.6) is 17.2 Å². The van der Waals surface area contributed by atoms with Crippen LogP contribution in [-0.4, -0.2) is 26.8 Å². The van der Waals surface area contributed by atoms with Gasteiger partial charge in [0.1, 0.15) is 5.75 Å². The van der Waals surface area contributed by atoms with Crippen LogP contribution in [0.1, 0.15) is 18.9 Å². The number of nitrogens with zero attached hydrogens (tertiary/aromatic N) is 1. The van der Waals surface area contributed by atoms with Gasteiger partial charge in [0, 0.05) is 11.8 Å². The predicted molar refractivity (Wildman–Crippen MR) is 101 cm³/mol. The van der Waals surface area contributed by atoms with E-state index in [2.05, 4.69) is 17.2 Å². The second-order valence-corrected chi connectivity index (χ2v) is 5.39. The van der Waals surface area contributed by atoms with Crippen molar-refractivity contribution >= 4 is 11.6 Å². The molecule has 0 radical (unpaired) electrons. The van der Waals surface area contributed by atoms with Crippen LogP contribution in [0.15, 0.2) is 47.5 Å². The first kappa shape index (κ1) is 18.4. The highest BCUT2D eigenvalue weighted by atomic mass is 16.5. The molecule has 0 saturated heterocycles. The van der Waals surface area contributed by atoms with Gasteiger partial charge >= 0.3 is 0 Å². The van der Waals surface area contributed by atoms with Crippen LogP contribution in [0.3, 0.4) is 0 Å². The first-order chi connectivity index (χ1) is 12.2. The molecule has 6 nitrogen and oxygen atoms in total. The van der Waals surface area contributed by atoms with E-state index in [0.717, 1.165) is 29.2 Å². The highest BCUT2D eigenvalue weighted by Gasteiger charge is 2.05. The number of hydrogen-bond donors (Lipinski definition) is 2. The van der Waals surface area contributed by atoms with Crippen LogP contribution in [0, 0.1) is 0 Å². The highest BCUT2D eigenvalue weighted by Crippen LogP contribution is 2.28. The fourth-order valence-corrected chi connectivity index (χ4v) is 2.21. The van der Waals surface area contributed by atoms with Crippen LogP contribution < -0.4 is 25.3 Å². The summed E-state index contributed by atoms with van der Waals surface area (Å²) in [5.41, 5.74) is 7.76. The van der Waals surface area contributed by atoms with Gasteiger partial charge in [0.2, 0.25) is 0 Å². The maximum Gasteiger partial charge on any atom is 0.193 e. The predicted octanol–water partition coefficient (Wildman–Crippen LogP) is 3.42. The molecule has 0 bridgehead atoms.